The summed E-state index contributed by atoms with van der Waals surface area (Å²) in [6, 6.07) is 10.6. The molecule has 1 rings (SSSR count). The molecule has 0 aliphatic rings. The summed E-state index contributed by atoms with van der Waals surface area (Å²) in [6.07, 6.45) is 0. The second-order valence-corrected chi connectivity index (χ2v) is 3.78. The lowest BCUT2D eigenvalue weighted by Gasteiger charge is -2.16. The Hall–Kier alpha value is -1.33. The van der Waals surface area contributed by atoms with Crippen LogP contribution in [0.2, 0.25) is 0 Å². The van der Waals surface area contributed by atoms with Crippen molar-refractivity contribution in [3.8, 4) is 6.07 Å². The Morgan fingerprint density at radius 2 is 1.71 bits per heavy atom. The zero-order valence-electron chi connectivity index (χ0n) is 8.91. The molecule has 0 bridgehead atoms. The van der Waals surface area contributed by atoms with Gasteiger partial charge in [0.15, 0.2) is 0 Å². The van der Waals surface area contributed by atoms with Crippen molar-refractivity contribution in [1.29, 1.82) is 5.26 Å². The van der Waals surface area contributed by atoms with Gasteiger partial charge < -0.3 is 5.32 Å². The largest absolute Gasteiger partial charge is 0.308 e. The fraction of sp³-hybridized carbons (Fsp3) is 0.417. The van der Waals surface area contributed by atoms with Crippen LogP contribution in [0.5, 0.6) is 0 Å². The van der Waals surface area contributed by atoms with Gasteiger partial charge in [-0.2, -0.15) is 5.26 Å². The van der Waals surface area contributed by atoms with Gasteiger partial charge in [-0.15, -0.1) is 0 Å². The van der Waals surface area contributed by atoms with Crippen molar-refractivity contribution in [1.82, 2.24) is 5.32 Å². The molecule has 1 unspecified atom stereocenters. The molecule has 14 heavy (non-hydrogen) atoms. The molecule has 0 aliphatic carbocycles. The van der Waals surface area contributed by atoms with E-state index in [4.69, 9.17) is 5.26 Å². The second-order valence-electron chi connectivity index (χ2n) is 3.78. The predicted molar refractivity (Wildman–Crippen MR) is 57.8 cm³/mol. The second kappa shape index (κ2) is 4.78. The molecule has 0 saturated heterocycles. The van der Waals surface area contributed by atoms with E-state index in [1.807, 2.05) is 24.3 Å². The maximum absolute atomic E-state index is 8.65. The highest BCUT2D eigenvalue weighted by molar-refractivity contribution is 5.32. The molecule has 0 radical (unpaired) electrons. The van der Waals surface area contributed by atoms with Gasteiger partial charge in [0.2, 0.25) is 0 Å². The van der Waals surface area contributed by atoms with Gasteiger partial charge in [0.1, 0.15) is 0 Å². The summed E-state index contributed by atoms with van der Waals surface area (Å²) in [4.78, 5) is 0. The summed E-state index contributed by atoms with van der Waals surface area (Å²) < 4.78 is 0. The van der Waals surface area contributed by atoms with Crippen molar-refractivity contribution in [2.24, 2.45) is 0 Å². The number of benzene rings is 1. The molecule has 0 heterocycles. The van der Waals surface area contributed by atoms with Gasteiger partial charge in [0.25, 0.3) is 0 Å². The quantitative estimate of drug-likeness (QED) is 0.791. The third-order valence-electron chi connectivity index (χ3n) is 2.12. The molecule has 0 amide bonds. The van der Waals surface area contributed by atoms with Crippen molar-refractivity contribution in [2.75, 3.05) is 0 Å². The van der Waals surface area contributed by atoms with Gasteiger partial charge >= 0.3 is 0 Å². The van der Waals surface area contributed by atoms with E-state index < -0.39 is 0 Å². The van der Waals surface area contributed by atoms with Crippen LogP contribution in [0.25, 0.3) is 0 Å². The first kappa shape index (κ1) is 10.7. The molecular weight excluding hydrogens is 172 g/mol. The molecular formula is C12H16N2. The summed E-state index contributed by atoms with van der Waals surface area (Å²) in [5.74, 6) is 0. The van der Waals surface area contributed by atoms with E-state index in [1.165, 1.54) is 5.56 Å². The summed E-state index contributed by atoms with van der Waals surface area (Å²) in [5.41, 5.74) is 1.93. The van der Waals surface area contributed by atoms with Gasteiger partial charge in [0, 0.05) is 12.1 Å². The summed E-state index contributed by atoms with van der Waals surface area (Å²) >= 11 is 0. The van der Waals surface area contributed by atoms with E-state index in [2.05, 4.69) is 32.2 Å². The van der Waals surface area contributed by atoms with Crippen LogP contribution in [-0.4, -0.2) is 6.04 Å². The zero-order valence-corrected chi connectivity index (χ0v) is 8.91. The van der Waals surface area contributed by atoms with E-state index >= 15 is 0 Å². The highest BCUT2D eigenvalue weighted by Gasteiger charge is 2.05. The Labute approximate surface area is 85.6 Å². The van der Waals surface area contributed by atoms with Crippen molar-refractivity contribution in [3.05, 3.63) is 35.4 Å². The monoisotopic (exact) mass is 188 g/mol. The van der Waals surface area contributed by atoms with E-state index in [-0.39, 0.29) is 0 Å². The van der Waals surface area contributed by atoms with Crippen LogP contribution in [-0.2, 0) is 0 Å². The van der Waals surface area contributed by atoms with Crippen LogP contribution in [0.3, 0.4) is 0 Å². The SMILES string of the molecule is CC(C)NC(C)c1ccc(C#N)cc1. The fourth-order valence-electron chi connectivity index (χ4n) is 1.44. The Kier molecular flexibility index (Phi) is 3.67. The Bertz CT molecular complexity index is 319. The molecule has 0 spiro atoms. The average Bonchev–Trinajstić information content (AvgIpc) is 2.17. The maximum Gasteiger partial charge on any atom is 0.0991 e. The number of nitrogens with zero attached hydrogens (tertiary/aromatic N) is 1. The number of nitriles is 1. The highest BCUT2D eigenvalue weighted by Crippen LogP contribution is 2.13. The first-order valence-corrected chi connectivity index (χ1v) is 4.89. The third-order valence-corrected chi connectivity index (χ3v) is 2.12. The van der Waals surface area contributed by atoms with Crippen LogP contribution >= 0.6 is 0 Å². The van der Waals surface area contributed by atoms with Gasteiger partial charge in [0.05, 0.1) is 11.6 Å². The van der Waals surface area contributed by atoms with E-state index in [1.54, 1.807) is 0 Å². The minimum atomic E-state index is 0.336. The molecule has 0 aromatic heterocycles. The minimum Gasteiger partial charge on any atom is -0.308 e. The van der Waals surface area contributed by atoms with Gasteiger partial charge in [-0.25, -0.2) is 0 Å². The molecule has 2 heteroatoms. The van der Waals surface area contributed by atoms with Gasteiger partial charge in [-0.1, -0.05) is 26.0 Å². The first-order valence-electron chi connectivity index (χ1n) is 4.89. The van der Waals surface area contributed by atoms with Crippen LogP contribution < -0.4 is 5.32 Å². The summed E-state index contributed by atoms with van der Waals surface area (Å²) in [5, 5.41) is 12.1. The zero-order chi connectivity index (χ0) is 10.6. The standard InChI is InChI=1S/C12H16N2/c1-9(2)14-10(3)12-6-4-11(8-13)5-7-12/h4-7,9-10,14H,1-3H3. The summed E-state index contributed by atoms with van der Waals surface area (Å²) in [6.45, 7) is 6.38. The Balaban J connectivity index is 2.72. The maximum atomic E-state index is 8.65. The number of nitrogens with one attached hydrogen (secondary N) is 1. The van der Waals surface area contributed by atoms with Crippen LogP contribution in [0, 0.1) is 11.3 Å². The van der Waals surface area contributed by atoms with E-state index in [9.17, 15) is 0 Å². The Morgan fingerprint density at radius 1 is 1.14 bits per heavy atom. The average molecular weight is 188 g/mol. The predicted octanol–water partition coefficient (Wildman–Crippen LogP) is 2.62. The van der Waals surface area contributed by atoms with Crippen molar-refractivity contribution in [2.45, 2.75) is 32.9 Å². The molecule has 0 fully saturated rings. The lowest BCUT2D eigenvalue weighted by Crippen LogP contribution is -2.25. The number of hydrogen-bond donors (Lipinski definition) is 1. The lowest BCUT2D eigenvalue weighted by molar-refractivity contribution is 0.506. The van der Waals surface area contributed by atoms with E-state index in [0.29, 0.717) is 17.6 Å². The smallest absolute Gasteiger partial charge is 0.0991 e. The van der Waals surface area contributed by atoms with E-state index in [0.717, 1.165) is 0 Å². The molecule has 0 aliphatic heterocycles. The third kappa shape index (κ3) is 2.86. The van der Waals surface area contributed by atoms with Crippen molar-refractivity contribution >= 4 is 0 Å². The fourth-order valence-corrected chi connectivity index (χ4v) is 1.44. The molecule has 2 nitrogen and oxygen atoms in total. The van der Waals surface area contributed by atoms with Crippen molar-refractivity contribution < 1.29 is 0 Å². The molecule has 1 aromatic carbocycles. The normalized spacial score (nSPS) is 12.5. The van der Waals surface area contributed by atoms with Gasteiger partial charge in [-0.3, -0.25) is 0 Å². The van der Waals surface area contributed by atoms with Gasteiger partial charge in [-0.05, 0) is 24.6 Å². The molecule has 1 N–H and O–H groups in total. The highest BCUT2D eigenvalue weighted by atomic mass is 14.9. The van der Waals surface area contributed by atoms with Crippen molar-refractivity contribution in [3.63, 3.8) is 0 Å². The topological polar surface area (TPSA) is 35.8 Å². The van der Waals surface area contributed by atoms with Crippen LogP contribution in [0.1, 0.15) is 37.9 Å². The first-order chi connectivity index (χ1) is 6.63. The van der Waals surface area contributed by atoms with Crippen LogP contribution in [0.4, 0.5) is 0 Å². The lowest BCUT2D eigenvalue weighted by atomic mass is 10.1. The molecule has 74 valence electrons. The van der Waals surface area contributed by atoms with Crippen LogP contribution in [0.15, 0.2) is 24.3 Å². The minimum absolute atomic E-state index is 0.336. The number of rotatable bonds is 3. The molecule has 0 saturated carbocycles. The number of hydrogen-bond acceptors (Lipinski definition) is 2. The molecule has 1 atom stereocenters. The summed E-state index contributed by atoms with van der Waals surface area (Å²) in [7, 11) is 0. The Morgan fingerprint density at radius 3 is 2.14 bits per heavy atom. The molecule has 1 aromatic rings.